The van der Waals surface area contributed by atoms with E-state index in [1.807, 2.05) is 61.2 Å². The number of benzene rings is 2. The maximum Gasteiger partial charge on any atom is 0.182 e. The van der Waals surface area contributed by atoms with Crippen LogP contribution in [-0.2, 0) is 0 Å². The molecular weight excluding hydrogens is 328 g/mol. The molecule has 0 aliphatic carbocycles. The second-order valence-corrected chi connectivity index (χ2v) is 8.10. The fraction of sp³-hybridized carbons (Fsp3) is 0.333. The van der Waals surface area contributed by atoms with Crippen LogP contribution in [0.2, 0.25) is 0 Å². The highest BCUT2D eigenvalue weighted by molar-refractivity contribution is 8.14. The third-order valence-electron chi connectivity index (χ3n) is 4.24. The molecule has 2 aromatic rings. The zero-order valence-electron chi connectivity index (χ0n) is 15.2. The number of para-hydroxylation sites is 1. The lowest BCUT2D eigenvalue weighted by atomic mass is 10.0. The summed E-state index contributed by atoms with van der Waals surface area (Å²) in [5, 5.41) is 0.925. The van der Waals surface area contributed by atoms with E-state index >= 15 is 0 Å². The fourth-order valence-corrected chi connectivity index (χ4v) is 4.12. The second-order valence-electron chi connectivity index (χ2n) is 7.16. The first kappa shape index (κ1) is 17.7. The number of Topliss-reactive ketones (excluding diaryl/α,β-unsaturated/α-hetero) is 1. The molecule has 3 rings (SSSR count). The highest BCUT2D eigenvalue weighted by atomic mass is 32.2. The Morgan fingerprint density at radius 1 is 1.16 bits per heavy atom. The molecular formula is C21H24N2OS. The standard InChI is InChI=1S/C21H24N2OS/c1-15-10-11-18(16(2)12-15)19(24)13-23(17-8-6-5-7-9-17)20-22-21(3,4)14-25-20/h5-12H,13-14H2,1-4H3. The van der Waals surface area contributed by atoms with Crippen molar-refractivity contribution < 1.29 is 4.79 Å². The highest BCUT2D eigenvalue weighted by Crippen LogP contribution is 2.31. The molecule has 0 aromatic heterocycles. The van der Waals surface area contributed by atoms with Gasteiger partial charge in [0.1, 0.15) is 0 Å². The average Bonchev–Trinajstić information content (AvgIpc) is 2.93. The number of amidine groups is 1. The van der Waals surface area contributed by atoms with Crippen LogP contribution in [0.1, 0.15) is 35.3 Å². The van der Waals surface area contributed by atoms with E-state index in [-0.39, 0.29) is 11.3 Å². The number of aryl methyl sites for hydroxylation is 2. The van der Waals surface area contributed by atoms with Crippen LogP contribution in [0.4, 0.5) is 5.69 Å². The van der Waals surface area contributed by atoms with E-state index in [1.165, 1.54) is 5.56 Å². The maximum atomic E-state index is 13.0. The number of anilines is 1. The van der Waals surface area contributed by atoms with Crippen molar-refractivity contribution in [3.05, 3.63) is 65.2 Å². The summed E-state index contributed by atoms with van der Waals surface area (Å²) in [6, 6.07) is 16.0. The molecule has 130 valence electrons. The predicted octanol–water partition coefficient (Wildman–Crippen LogP) is 4.87. The van der Waals surface area contributed by atoms with Gasteiger partial charge in [0, 0.05) is 17.0 Å². The number of carbonyl (C=O) groups is 1. The molecule has 0 bridgehead atoms. The zero-order valence-corrected chi connectivity index (χ0v) is 16.1. The van der Waals surface area contributed by atoms with Gasteiger partial charge in [0.05, 0.1) is 12.1 Å². The van der Waals surface area contributed by atoms with Gasteiger partial charge in [-0.1, -0.05) is 53.7 Å². The molecule has 0 amide bonds. The molecule has 25 heavy (non-hydrogen) atoms. The zero-order chi connectivity index (χ0) is 18.0. The normalized spacial score (nSPS) is 15.8. The molecule has 4 heteroatoms. The first-order valence-electron chi connectivity index (χ1n) is 8.51. The number of carbonyl (C=O) groups excluding carboxylic acids is 1. The summed E-state index contributed by atoms with van der Waals surface area (Å²) in [6.07, 6.45) is 0. The Kier molecular flexibility index (Phi) is 5.00. The molecule has 0 atom stereocenters. The van der Waals surface area contributed by atoms with Gasteiger partial charge in [0.15, 0.2) is 11.0 Å². The van der Waals surface area contributed by atoms with E-state index in [9.17, 15) is 4.79 Å². The molecule has 0 N–H and O–H groups in total. The van der Waals surface area contributed by atoms with E-state index in [0.29, 0.717) is 6.54 Å². The number of nitrogens with zero attached hydrogens (tertiary/aromatic N) is 2. The summed E-state index contributed by atoms with van der Waals surface area (Å²) in [4.78, 5) is 19.8. The summed E-state index contributed by atoms with van der Waals surface area (Å²) >= 11 is 1.72. The minimum Gasteiger partial charge on any atom is -0.313 e. The SMILES string of the molecule is Cc1ccc(C(=O)CN(C2=NC(C)(C)CS2)c2ccccc2)c(C)c1. The molecule has 0 saturated heterocycles. The van der Waals surface area contributed by atoms with Crippen LogP contribution >= 0.6 is 11.8 Å². The molecule has 0 radical (unpaired) electrons. The largest absolute Gasteiger partial charge is 0.313 e. The van der Waals surface area contributed by atoms with Crippen molar-refractivity contribution in [1.82, 2.24) is 0 Å². The van der Waals surface area contributed by atoms with Crippen LogP contribution < -0.4 is 4.90 Å². The Morgan fingerprint density at radius 2 is 1.88 bits per heavy atom. The predicted molar refractivity (Wildman–Crippen MR) is 108 cm³/mol. The maximum absolute atomic E-state index is 13.0. The van der Waals surface area contributed by atoms with Crippen molar-refractivity contribution in [2.24, 2.45) is 4.99 Å². The molecule has 1 aliphatic rings. The van der Waals surface area contributed by atoms with Gasteiger partial charge in [0.25, 0.3) is 0 Å². The van der Waals surface area contributed by atoms with Crippen molar-refractivity contribution in [2.45, 2.75) is 33.2 Å². The number of thioether (sulfide) groups is 1. The van der Waals surface area contributed by atoms with Gasteiger partial charge >= 0.3 is 0 Å². The van der Waals surface area contributed by atoms with Gasteiger partial charge < -0.3 is 4.90 Å². The quantitative estimate of drug-likeness (QED) is 0.736. The topological polar surface area (TPSA) is 32.7 Å². The molecule has 0 fully saturated rings. The summed E-state index contributed by atoms with van der Waals surface area (Å²) in [7, 11) is 0. The number of hydrogen-bond donors (Lipinski definition) is 0. The Bertz CT molecular complexity index is 812. The first-order valence-corrected chi connectivity index (χ1v) is 9.50. The molecule has 1 aliphatic heterocycles. The Morgan fingerprint density at radius 3 is 2.48 bits per heavy atom. The summed E-state index contributed by atoms with van der Waals surface area (Å²) < 4.78 is 0. The van der Waals surface area contributed by atoms with E-state index < -0.39 is 0 Å². The molecule has 3 nitrogen and oxygen atoms in total. The smallest absolute Gasteiger partial charge is 0.182 e. The lowest BCUT2D eigenvalue weighted by Gasteiger charge is -2.24. The molecule has 0 spiro atoms. The van der Waals surface area contributed by atoms with Gasteiger partial charge in [-0.15, -0.1) is 0 Å². The van der Waals surface area contributed by atoms with Crippen LogP contribution in [0, 0.1) is 13.8 Å². The lowest BCUT2D eigenvalue weighted by Crippen LogP contribution is -2.34. The van der Waals surface area contributed by atoms with Crippen molar-refractivity contribution >= 4 is 28.4 Å². The van der Waals surface area contributed by atoms with Gasteiger partial charge in [-0.3, -0.25) is 9.79 Å². The van der Waals surface area contributed by atoms with Crippen LogP contribution in [0.3, 0.4) is 0 Å². The molecule has 0 unspecified atom stereocenters. The Hall–Kier alpha value is -2.07. The van der Waals surface area contributed by atoms with Crippen LogP contribution in [0.15, 0.2) is 53.5 Å². The monoisotopic (exact) mass is 352 g/mol. The van der Waals surface area contributed by atoms with E-state index in [4.69, 9.17) is 4.99 Å². The number of aliphatic imine (C=N–C) groups is 1. The summed E-state index contributed by atoms with van der Waals surface area (Å²) in [6.45, 7) is 8.60. The minimum absolute atomic E-state index is 0.0874. The third kappa shape index (κ3) is 4.13. The number of hydrogen-bond acceptors (Lipinski definition) is 4. The lowest BCUT2D eigenvalue weighted by molar-refractivity contribution is 0.100. The fourth-order valence-electron chi connectivity index (χ4n) is 2.94. The van der Waals surface area contributed by atoms with Gasteiger partial charge in [0.2, 0.25) is 0 Å². The van der Waals surface area contributed by atoms with Gasteiger partial charge in [-0.2, -0.15) is 0 Å². The average molecular weight is 353 g/mol. The Balaban J connectivity index is 1.92. The van der Waals surface area contributed by atoms with Crippen molar-refractivity contribution in [1.29, 1.82) is 0 Å². The van der Waals surface area contributed by atoms with Gasteiger partial charge in [-0.05, 0) is 45.4 Å². The summed E-state index contributed by atoms with van der Waals surface area (Å²) in [5.74, 6) is 1.05. The van der Waals surface area contributed by atoms with Crippen LogP contribution in [0.25, 0.3) is 0 Å². The van der Waals surface area contributed by atoms with E-state index in [1.54, 1.807) is 11.8 Å². The van der Waals surface area contributed by atoms with Crippen molar-refractivity contribution in [3.63, 3.8) is 0 Å². The second kappa shape index (κ2) is 7.04. The summed E-state index contributed by atoms with van der Waals surface area (Å²) in [5.41, 5.74) is 3.90. The van der Waals surface area contributed by atoms with Crippen LogP contribution in [0.5, 0.6) is 0 Å². The first-order chi connectivity index (χ1) is 11.9. The van der Waals surface area contributed by atoms with Gasteiger partial charge in [-0.25, -0.2) is 0 Å². The van der Waals surface area contributed by atoms with E-state index in [0.717, 1.165) is 27.7 Å². The van der Waals surface area contributed by atoms with Crippen molar-refractivity contribution in [3.8, 4) is 0 Å². The molecule has 0 saturated carbocycles. The minimum atomic E-state index is -0.0874. The van der Waals surface area contributed by atoms with Crippen LogP contribution in [-0.4, -0.2) is 28.8 Å². The highest BCUT2D eigenvalue weighted by Gasteiger charge is 2.30. The molecule has 2 aromatic carbocycles. The number of rotatable bonds is 4. The van der Waals surface area contributed by atoms with E-state index in [2.05, 4.69) is 19.9 Å². The third-order valence-corrected chi connectivity index (χ3v) is 5.66. The number of ketones is 1. The Labute approximate surface area is 154 Å². The van der Waals surface area contributed by atoms with Crippen molar-refractivity contribution in [2.75, 3.05) is 17.2 Å². The molecule has 1 heterocycles.